The van der Waals surface area contributed by atoms with Crippen LogP contribution in [0.15, 0.2) is 0 Å². The summed E-state index contributed by atoms with van der Waals surface area (Å²) in [6.45, 7) is 5.20. The van der Waals surface area contributed by atoms with Crippen LogP contribution in [0, 0.1) is 5.92 Å². The van der Waals surface area contributed by atoms with Crippen LogP contribution in [0.4, 0.5) is 0 Å². The Morgan fingerprint density at radius 2 is 1.94 bits per heavy atom. The van der Waals surface area contributed by atoms with E-state index in [1.54, 1.807) is 0 Å². The Balaban J connectivity index is 1.54. The number of rotatable bonds is 4. The molecular weight excluding hydrogens is 210 g/mol. The average Bonchev–Trinajstić information content (AvgIpc) is 2.28. The van der Waals surface area contributed by atoms with Crippen molar-refractivity contribution in [2.75, 3.05) is 40.3 Å². The van der Waals surface area contributed by atoms with Gasteiger partial charge in [-0.3, -0.25) is 0 Å². The standard InChI is InChI=1S/C14H27N3/c1-16(2)14(6-3-7-14)11-15-13-10-17-8-4-12(13)5-9-17/h12-13,15H,3-11H2,1-2H3. The predicted molar refractivity (Wildman–Crippen MR) is 71.2 cm³/mol. The molecule has 17 heavy (non-hydrogen) atoms. The molecule has 3 heterocycles. The molecule has 0 spiro atoms. The van der Waals surface area contributed by atoms with Gasteiger partial charge in [0.05, 0.1) is 0 Å². The quantitative estimate of drug-likeness (QED) is 0.791. The molecule has 98 valence electrons. The minimum atomic E-state index is 0.478. The van der Waals surface area contributed by atoms with Crippen LogP contribution < -0.4 is 5.32 Å². The lowest BCUT2D eigenvalue weighted by atomic mass is 9.75. The van der Waals surface area contributed by atoms with E-state index in [1.165, 1.54) is 58.3 Å². The maximum Gasteiger partial charge on any atom is 0.0328 e. The molecular formula is C14H27N3. The Kier molecular flexibility index (Phi) is 3.18. The molecule has 0 aromatic rings. The predicted octanol–water partition coefficient (Wildman–Crippen LogP) is 1.15. The maximum absolute atomic E-state index is 3.89. The second-order valence-corrected chi connectivity index (χ2v) is 6.60. The zero-order valence-electron chi connectivity index (χ0n) is 11.4. The molecule has 1 saturated carbocycles. The van der Waals surface area contributed by atoms with Crippen LogP contribution in [0.5, 0.6) is 0 Å². The molecule has 0 radical (unpaired) electrons. The first kappa shape index (κ1) is 11.9. The van der Waals surface area contributed by atoms with Crippen LogP contribution in [0.2, 0.25) is 0 Å². The second-order valence-electron chi connectivity index (χ2n) is 6.60. The first-order valence-electron chi connectivity index (χ1n) is 7.33. The minimum Gasteiger partial charge on any atom is -0.311 e. The number of fused-ring (bicyclic) bond motifs is 3. The molecule has 4 rings (SSSR count). The van der Waals surface area contributed by atoms with E-state index in [0.717, 1.165) is 12.0 Å². The number of hydrogen-bond donors (Lipinski definition) is 1. The summed E-state index contributed by atoms with van der Waals surface area (Å²) in [7, 11) is 4.49. The Hall–Kier alpha value is -0.120. The van der Waals surface area contributed by atoms with E-state index < -0.39 is 0 Å². The topological polar surface area (TPSA) is 18.5 Å². The van der Waals surface area contributed by atoms with Crippen molar-refractivity contribution in [2.24, 2.45) is 5.92 Å². The van der Waals surface area contributed by atoms with E-state index in [-0.39, 0.29) is 0 Å². The summed E-state index contributed by atoms with van der Waals surface area (Å²) >= 11 is 0. The molecule has 4 fully saturated rings. The highest BCUT2D eigenvalue weighted by Gasteiger charge is 2.41. The molecule has 3 nitrogen and oxygen atoms in total. The van der Waals surface area contributed by atoms with Crippen molar-refractivity contribution in [1.82, 2.24) is 15.1 Å². The van der Waals surface area contributed by atoms with Crippen molar-refractivity contribution in [1.29, 1.82) is 0 Å². The van der Waals surface area contributed by atoms with Gasteiger partial charge in [0.25, 0.3) is 0 Å². The molecule has 3 heteroatoms. The highest BCUT2D eigenvalue weighted by molar-refractivity contribution is 5.00. The molecule has 3 aliphatic heterocycles. The SMILES string of the molecule is CN(C)C1(CNC2CN3CCC2CC3)CCC1. The monoisotopic (exact) mass is 237 g/mol. The van der Waals surface area contributed by atoms with E-state index in [4.69, 9.17) is 0 Å². The summed E-state index contributed by atoms with van der Waals surface area (Å²) in [4.78, 5) is 5.09. The molecule has 0 amide bonds. The summed E-state index contributed by atoms with van der Waals surface area (Å²) in [5.41, 5.74) is 0.478. The molecule has 0 aromatic carbocycles. The number of hydrogen-bond acceptors (Lipinski definition) is 3. The van der Waals surface area contributed by atoms with E-state index >= 15 is 0 Å². The van der Waals surface area contributed by atoms with Crippen molar-refractivity contribution in [3.05, 3.63) is 0 Å². The van der Waals surface area contributed by atoms with Crippen LogP contribution in [-0.2, 0) is 0 Å². The lowest BCUT2D eigenvalue weighted by molar-refractivity contribution is 0.0312. The van der Waals surface area contributed by atoms with E-state index in [2.05, 4.69) is 29.2 Å². The Morgan fingerprint density at radius 3 is 2.35 bits per heavy atom. The zero-order chi connectivity index (χ0) is 11.9. The third kappa shape index (κ3) is 2.13. The van der Waals surface area contributed by atoms with Gasteiger partial charge in [0.2, 0.25) is 0 Å². The Bertz CT molecular complexity index is 265. The van der Waals surface area contributed by atoms with Gasteiger partial charge in [-0.1, -0.05) is 0 Å². The maximum atomic E-state index is 3.89. The summed E-state index contributed by atoms with van der Waals surface area (Å²) in [6, 6.07) is 0.773. The summed E-state index contributed by atoms with van der Waals surface area (Å²) in [5, 5.41) is 3.89. The smallest absolute Gasteiger partial charge is 0.0328 e. The van der Waals surface area contributed by atoms with Gasteiger partial charge in [-0.15, -0.1) is 0 Å². The molecule has 2 bridgehead atoms. The fourth-order valence-corrected chi connectivity index (χ4v) is 3.88. The first-order valence-corrected chi connectivity index (χ1v) is 7.33. The van der Waals surface area contributed by atoms with Gasteiger partial charge in [0.1, 0.15) is 0 Å². The van der Waals surface area contributed by atoms with Crippen LogP contribution in [0.1, 0.15) is 32.1 Å². The third-order valence-corrected chi connectivity index (χ3v) is 5.58. The third-order valence-electron chi connectivity index (χ3n) is 5.58. The fourth-order valence-electron chi connectivity index (χ4n) is 3.88. The average molecular weight is 237 g/mol. The lowest BCUT2D eigenvalue weighted by Crippen LogP contribution is -2.62. The summed E-state index contributed by atoms with van der Waals surface area (Å²) in [6.07, 6.45) is 7.03. The van der Waals surface area contributed by atoms with Gasteiger partial charge >= 0.3 is 0 Å². The largest absolute Gasteiger partial charge is 0.311 e. The highest BCUT2D eigenvalue weighted by Crippen LogP contribution is 2.36. The summed E-state index contributed by atoms with van der Waals surface area (Å²) in [5.74, 6) is 0.958. The van der Waals surface area contributed by atoms with Crippen LogP contribution in [0.25, 0.3) is 0 Å². The summed E-state index contributed by atoms with van der Waals surface area (Å²) < 4.78 is 0. The molecule has 1 N–H and O–H groups in total. The lowest BCUT2D eigenvalue weighted by Gasteiger charge is -2.50. The van der Waals surface area contributed by atoms with Gasteiger partial charge < -0.3 is 15.1 Å². The number of piperidine rings is 3. The molecule has 1 atom stereocenters. The Morgan fingerprint density at radius 1 is 1.24 bits per heavy atom. The molecule has 0 aromatic heterocycles. The minimum absolute atomic E-state index is 0.478. The van der Waals surface area contributed by atoms with Crippen molar-refractivity contribution in [2.45, 2.75) is 43.7 Å². The van der Waals surface area contributed by atoms with Gasteiger partial charge in [0.15, 0.2) is 0 Å². The highest BCUT2D eigenvalue weighted by atomic mass is 15.2. The number of nitrogens with zero attached hydrogens (tertiary/aromatic N) is 2. The van der Waals surface area contributed by atoms with Crippen molar-refractivity contribution in [3.8, 4) is 0 Å². The van der Waals surface area contributed by atoms with E-state index in [9.17, 15) is 0 Å². The van der Waals surface area contributed by atoms with E-state index in [0.29, 0.717) is 5.54 Å². The van der Waals surface area contributed by atoms with Gasteiger partial charge in [-0.2, -0.15) is 0 Å². The molecule has 3 saturated heterocycles. The van der Waals surface area contributed by atoms with Crippen molar-refractivity contribution in [3.63, 3.8) is 0 Å². The first-order chi connectivity index (χ1) is 8.20. The van der Waals surface area contributed by atoms with E-state index in [1.807, 2.05) is 0 Å². The van der Waals surface area contributed by atoms with Crippen molar-refractivity contribution < 1.29 is 0 Å². The second kappa shape index (κ2) is 4.52. The van der Waals surface area contributed by atoms with Crippen LogP contribution >= 0.6 is 0 Å². The zero-order valence-corrected chi connectivity index (χ0v) is 11.4. The number of nitrogens with one attached hydrogen (secondary N) is 1. The fraction of sp³-hybridized carbons (Fsp3) is 1.00. The molecule has 1 aliphatic carbocycles. The van der Waals surface area contributed by atoms with Crippen molar-refractivity contribution >= 4 is 0 Å². The Labute approximate surface area is 106 Å². The van der Waals surface area contributed by atoms with Gasteiger partial charge in [-0.05, 0) is 65.2 Å². The molecule has 1 unspecified atom stereocenters. The van der Waals surface area contributed by atoms with Crippen LogP contribution in [0.3, 0.4) is 0 Å². The number of likely N-dealkylation sites (N-methyl/N-ethyl adjacent to an activating group) is 1. The van der Waals surface area contributed by atoms with Gasteiger partial charge in [0, 0.05) is 24.7 Å². The van der Waals surface area contributed by atoms with Gasteiger partial charge in [-0.25, -0.2) is 0 Å². The molecule has 4 aliphatic rings. The normalized spacial score (nSPS) is 39.4. The van der Waals surface area contributed by atoms with Crippen LogP contribution in [-0.4, -0.2) is 61.7 Å².